The number of aromatic nitrogens is 2. The van der Waals surface area contributed by atoms with Crippen LogP contribution in [0.3, 0.4) is 0 Å². The molecule has 1 aromatic carbocycles. The Morgan fingerprint density at radius 1 is 1.33 bits per heavy atom. The third kappa shape index (κ3) is 4.07. The van der Waals surface area contributed by atoms with E-state index < -0.39 is 22.7 Å². The van der Waals surface area contributed by atoms with Crippen LogP contribution in [0.25, 0.3) is 11.3 Å². The van der Waals surface area contributed by atoms with Gasteiger partial charge >= 0.3 is 0 Å². The van der Waals surface area contributed by atoms with Gasteiger partial charge < -0.3 is 25.9 Å². The highest BCUT2D eigenvalue weighted by Crippen LogP contribution is 2.45. The van der Waals surface area contributed by atoms with Gasteiger partial charge in [-0.2, -0.15) is 0 Å². The van der Waals surface area contributed by atoms with E-state index in [0.717, 1.165) is 5.69 Å². The van der Waals surface area contributed by atoms with Crippen LogP contribution in [-0.2, 0) is 15.8 Å². The fourth-order valence-electron chi connectivity index (χ4n) is 3.75. The van der Waals surface area contributed by atoms with Crippen molar-refractivity contribution in [3.63, 3.8) is 0 Å². The molecule has 1 aliphatic heterocycles. The Balaban J connectivity index is 1.74. The zero-order valence-corrected chi connectivity index (χ0v) is 18.5. The standard InChI is InChI=1S/C24H25FN4O4/c1-13-8-15(10-27-13)21(30)28-11-24(3,32)18-9-17-20(33-12-23(17,2)22(26)31)19(29-18)14-4-6-16(25)7-5-14/h4-10,27,32H,11-12H2,1-3H3,(H2,26,31)(H,28,30)/t23-,24-/m0/s1. The number of benzene rings is 1. The number of halogens is 1. The van der Waals surface area contributed by atoms with E-state index in [2.05, 4.69) is 15.3 Å². The Bertz CT molecular complexity index is 1240. The highest BCUT2D eigenvalue weighted by Gasteiger charge is 2.45. The molecule has 0 saturated carbocycles. The topological polar surface area (TPSA) is 130 Å². The van der Waals surface area contributed by atoms with Crippen molar-refractivity contribution < 1.29 is 23.8 Å². The largest absolute Gasteiger partial charge is 0.489 e. The maximum atomic E-state index is 13.5. The third-order valence-electron chi connectivity index (χ3n) is 5.97. The van der Waals surface area contributed by atoms with E-state index >= 15 is 0 Å². The number of pyridine rings is 1. The quantitative estimate of drug-likeness (QED) is 0.456. The van der Waals surface area contributed by atoms with Gasteiger partial charge in [0, 0.05) is 23.0 Å². The normalized spacial score (nSPS) is 18.8. The van der Waals surface area contributed by atoms with Crippen molar-refractivity contribution in [1.29, 1.82) is 0 Å². The molecular weight excluding hydrogens is 427 g/mol. The highest BCUT2D eigenvalue weighted by atomic mass is 19.1. The Labute approximate surface area is 190 Å². The summed E-state index contributed by atoms with van der Waals surface area (Å²) in [7, 11) is 0. The van der Waals surface area contributed by atoms with Gasteiger partial charge in [0.2, 0.25) is 5.91 Å². The van der Waals surface area contributed by atoms with E-state index in [0.29, 0.717) is 28.1 Å². The minimum absolute atomic E-state index is 0.0166. The Morgan fingerprint density at radius 3 is 2.64 bits per heavy atom. The summed E-state index contributed by atoms with van der Waals surface area (Å²) in [5, 5.41) is 13.9. The van der Waals surface area contributed by atoms with Gasteiger partial charge in [-0.25, -0.2) is 9.37 Å². The number of hydrogen-bond donors (Lipinski definition) is 4. The number of nitrogens with one attached hydrogen (secondary N) is 2. The van der Waals surface area contributed by atoms with Crippen LogP contribution in [-0.4, -0.2) is 40.0 Å². The Kier molecular flexibility index (Phi) is 5.45. The lowest BCUT2D eigenvalue weighted by Crippen LogP contribution is -2.41. The van der Waals surface area contributed by atoms with Crippen molar-refractivity contribution in [2.24, 2.45) is 5.73 Å². The van der Waals surface area contributed by atoms with Crippen molar-refractivity contribution >= 4 is 11.8 Å². The number of rotatable bonds is 6. The van der Waals surface area contributed by atoms with Gasteiger partial charge in [-0.3, -0.25) is 9.59 Å². The second kappa shape index (κ2) is 8.00. The smallest absolute Gasteiger partial charge is 0.252 e. The first kappa shape index (κ1) is 22.5. The van der Waals surface area contributed by atoms with E-state index in [1.54, 1.807) is 25.3 Å². The number of aryl methyl sites for hydroxylation is 1. The molecule has 0 saturated heterocycles. The SMILES string of the molecule is Cc1cc(C(=O)NC[C@](C)(O)c2cc3c(c(-c4ccc(F)cc4)n2)OC[C@]3(C)C(N)=O)c[nH]1. The highest BCUT2D eigenvalue weighted by molar-refractivity contribution is 5.94. The van der Waals surface area contributed by atoms with Gasteiger partial charge in [0.1, 0.15) is 34.9 Å². The van der Waals surface area contributed by atoms with Gasteiger partial charge in [0.05, 0.1) is 17.8 Å². The number of nitrogens with two attached hydrogens (primary N) is 1. The Hall–Kier alpha value is -3.72. The molecule has 172 valence electrons. The van der Waals surface area contributed by atoms with Crippen LogP contribution in [0.2, 0.25) is 0 Å². The zero-order valence-electron chi connectivity index (χ0n) is 18.5. The summed E-state index contributed by atoms with van der Waals surface area (Å²) in [6, 6.07) is 8.92. The van der Waals surface area contributed by atoms with Crippen molar-refractivity contribution in [2.45, 2.75) is 31.8 Å². The summed E-state index contributed by atoms with van der Waals surface area (Å²) < 4.78 is 19.3. The molecule has 5 N–H and O–H groups in total. The maximum absolute atomic E-state index is 13.5. The van der Waals surface area contributed by atoms with Crippen molar-refractivity contribution in [3.05, 3.63) is 70.9 Å². The van der Waals surface area contributed by atoms with Crippen molar-refractivity contribution in [1.82, 2.24) is 15.3 Å². The van der Waals surface area contributed by atoms with Crippen LogP contribution in [0.4, 0.5) is 4.39 Å². The first-order valence-corrected chi connectivity index (χ1v) is 10.4. The molecule has 2 aromatic heterocycles. The molecule has 2 amide bonds. The number of primary amides is 1. The predicted octanol–water partition coefficient (Wildman–Crippen LogP) is 2.30. The summed E-state index contributed by atoms with van der Waals surface area (Å²) in [5.74, 6) is -0.998. The minimum atomic E-state index is -1.59. The van der Waals surface area contributed by atoms with Crippen LogP contribution < -0.4 is 15.8 Å². The molecular formula is C24H25FN4O4. The molecule has 33 heavy (non-hydrogen) atoms. The molecule has 0 unspecified atom stereocenters. The van der Waals surface area contributed by atoms with Crippen molar-refractivity contribution in [3.8, 4) is 17.0 Å². The number of carbonyl (C=O) groups excluding carboxylic acids is 2. The van der Waals surface area contributed by atoms with E-state index in [4.69, 9.17) is 10.5 Å². The first-order chi connectivity index (χ1) is 15.5. The lowest BCUT2D eigenvalue weighted by molar-refractivity contribution is -0.123. The van der Waals surface area contributed by atoms with Gasteiger partial charge in [-0.05, 0) is 57.2 Å². The average Bonchev–Trinajstić information content (AvgIpc) is 3.36. The number of nitrogens with zero attached hydrogens (tertiary/aromatic N) is 1. The summed E-state index contributed by atoms with van der Waals surface area (Å²) in [5.41, 5.74) is 5.80. The molecule has 3 aromatic rings. The molecule has 2 atom stereocenters. The minimum Gasteiger partial charge on any atom is -0.489 e. The van der Waals surface area contributed by atoms with Crippen LogP contribution in [0, 0.1) is 12.7 Å². The lowest BCUT2D eigenvalue weighted by atomic mass is 9.82. The number of H-pyrrole nitrogens is 1. The lowest BCUT2D eigenvalue weighted by Gasteiger charge is -2.26. The van der Waals surface area contributed by atoms with Gasteiger partial charge in [0.15, 0.2) is 0 Å². The summed E-state index contributed by atoms with van der Waals surface area (Å²) in [6.07, 6.45) is 1.58. The molecule has 3 heterocycles. The molecule has 8 nitrogen and oxygen atoms in total. The number of ether oxygens (including phenoxy) is 1. The fraction of sp³-hybridized carbons (Fsp3) is 0.292. The molecule has 4 rings (SSSR count). The third-order valence-corrected chi connectivity index (χ3v) is 5.97. The molecule has 0 spiro atoms. The van der Waals surface area contributed by atoms with E-state index in [-0.39, 0.29) is 24.8 Å². The zero-order chi connectivity index (χ0) is 24.0. The average molecular weight is 452 g/mol. The van der Waals surface area contributed by atoms with Gasteiger partial charge in [-0.15, -0.1) is 0 Å². The van der Waals surface area contributed by atoms with Gasteiger partial charge in [0.25, 0.3) is 5.91 Å². The van der Waals surface area contributed by atoms with Gasteiger partial charge in [-0.1, -0.05) is 0 Å². The molecule has 0 bridgehead atoms. The summed E-state index contributed by atoms with van der Waals surface area (Å²) in [4.78, 5) is 32.2. The number of amides is 2. The van der Waals surface area contributed by atoms with Crippen molar-refractivity contribution in [2.75, 3.05) is 13.2 Å². The second-order valence-electron chi connectivity index (χ2n) is 8.75. The van der Waals surface area contributed by atoms with Crippen LogP contribution in [0.5, 0.6) is 5.75 Å². The molecule has 0 fully saturated rings. The number of fused-ring (bicyclic) bond motifs is 1. The second-order valence-corrected chi connectivity index (χ2v) is 8.75. The summed E-state index contributed by atoms with van der Waals surface area (Å²) in [6.45, 7) is 4.87. The molecule has 9 heteroatoms. The number of hydrogen-bond acceptors (Lipinski definition) is 5. The number of carbonyl (C=O) groups is 2. The summed E-state index contributed by atoms with van der Waals surface area (Å²) >= 11 is 0. The van der Waals surface area contributed by atoms with Crippen LogP contribution >= 0.6 is 0 Å². The molecule has 0 radical (unpaired) electrons. The van der Waals surface area contributed by atoms with Crippen LogP contribution in [0.1, 0.15) is 41.2 Å². The van der Waals surface area contributed by atoms with Crippen LogP contribution in [0.15, 0.2) is 42.6 Å². The maximum Gasteiger partial charge on any atom is 0.252 e. The predicted molar refractivity (Wildman–Crippen MR) is 119 cm³/mol. The first-order valence-electron chi connectivity index (χ1n) is 10.4. The van der Waals surface area contributed by atoms with E-state index in [9.17, 15) is 19.1 Å². The number of aliphatic hydroxyl groups is 1. The monoisotopic (exact) mass is 452 g/mol. The Morgan fingerprint density at radius 2 is 2.03 bits per heavy atom. The molecule has 0 aliphatic carbocycles. The fourth-order valence-corrected chi connectivity index (χ4v) is 3.75. The molecule has 1 aliphatic rings. The van der Waals surface area contributed by atoms with E-state index in [1.807, 2.05) is 6.92 Å². The number of aromatic amines is 1. The van der Waals surface area contributed by atoms with E-state index in [1.165, 1.54) is 31.2 Å².